The number of hydrogen-bond acceptors (Lipinski definition) is 17. The van der Waals surface area contributed by atoms with Crippen molar-refractivity contribution in [2.24, 2.45) is 34.6 Å². The Balaban J connectivity index is 2.73. The van der Waals surface area contributed by atoms with Gasteiger partial charge in [0.15, 0.2) is 0 Å². The first-order valence-corrected chi connectivity index (χ1v) is 25.5. The Morgan fingerprint density at radius 1 is 0.600 bits per heavy atom. The van der Waals surface area contributed by atoms with Gasteiger partial charge in [-0.25, -0.2) is 0 Å². The Labute approximate surface area is 437 Å². The number of nitrogens with one attached hydrogen (secondary N) is 10. The third-order valence-corrected chi connectivity index (χ3v) is 12.0. The van der Waals surface area contributed by atoms with E-state index in [9.17, 15) is 58.2 Å². The normalized spacial score (nSPS) is 23.6. The number of hydrogen-bond donors (Lipinski definition) is 17. The highest BCUT2D eigenvalue weighted by atomic mass is 16.3. The number of benzene rings is 1. The summed E-state index contributed by atoms with van der Waals surface area (Å²) < 4.78 is 0. The molecule has 75 heavy (non-hydrogen) atoms. The van der Waals surface area contributed by atoms with Gasteiger partial charge >= 0.3 is 0 Å². The van der Waals surface area contributed by atoms with E-state index in [2.05, 4.69) is 53.2 Å². The summed E-state index contributed by atoms with van der Waals surface area (Å²) in [5, 5.41) is 46.6. The lowest BCUT2D eigenvalue weighted by molar-refractivity contribution is -0.136. The molecule has 1 aliphatic heterocycles. The maximum absolute atomic E-state index is 14.4. The minimum atomic E-state index is -1.66. The minimum absolute atomic E-state index is 0.00262. The second-order valence-corrected chi connectivity index (χ2v) is 18.9. The number of nitrogens with two attached hydrogens (primary N) is 5. The Morgan fingerprint density at radius 2 is 1.11 bits per heavy atom. The highest BCUT2D eigenvalue weighted by Gasteiger charge is 2.37. The SMILES string of the molecule is CC(C)C[C@@H]1NC(=O)[C@@H](Cc2ccccc2)NC(=O)[C@H](CCN)NC(=O)[C@@H](NC(=O)[C@H](CCN)NC(=O)[C@@H](NC(=O)CCCCN)C(C)O)CCNC(=O)C(C(C)O)NC(=O)[C@H](CCN)NC(=O)[C@H](CCN)NC1=O. The highest BCUT2D eigenvalue weighted by molar-refractivity contribution is 5.99. The maximum Gasteiger partial charge on any atom is 0.245 e. The van der Waals surface area contributed by atoms with Gasteiger partial charge < -0.3 is 92.0 Å². The monoisotopic (exact) mass is 1060 g/mol. The van der Waals surface area contributed by atoms with Crippen molar-refractivity contribution < 1.29 is 58.2 Å². The number of aliphatic hydroxyl groups excluding tert-OH is 2. The van der Waals surface area contributed by atoms with Gasteiger partial charge in [0.1, 0.15) is 54.4 Å². The van der Waals surface area contributed by atoms with Crippen LogP contribution in [0.4, 0.5) is 0 Å². The van der Waals surface area contributed by atoms with Gasteiger partial charge in [-0.2, -0.15) is 0 Å². The van der Waals surface area contributed by atoms with Crippen LogP contribution in [0.3, 0.4) is 0 Å². The molecule has 27 heteroatoms. The van der Waals surface area contributed by atoms with Crippen LogP contribution in [-0.4, -0.2) is 175 Å². The number of aliphatic hydroxyl groups is 2. The van der Waals surface area contributed by atoms with Crippen molar-refractivity contribution in [3.05, 3.63) is 35.9 Å². The van der Waals surface area contributed by atoms with Crippen LogP contribution in [-0.2, 0) is 54.4 Å². The highest BCUT2D eigenvalue weighted by Crippen LogP contribution is 2.11. The molecular formula is C48H83N15O12. The van der Waals surface area contributed by atoms with Crippen molar-refractivity contribution in [3.63, 3.8) is 0 Å². The van der Waals surface area contributed by atoms with Crippen molar-refractivity contribution in [3.8, 4) is 0 Å². The van der Waals surface area contributed by atoms with Gasteiger partial charge in [-0.15, -0.1) is 0 Å². The fourth-order valence-corrected chi connectivity index (χ4v) is 7.86. The van der Waals surface area contributed by atoms with Gasteiger partial charge in [0, 0.05) is 19.4 Å². The predicted octanol–water partition coefficient (Wildman–Crippen LogP) is -6.56. The van der Waals surface area contributed by atoms with Gasteiger partial charge in [0.2, 0.25) is 59.1 Å². The summed E-state index contributed by atoms with van der Waals surface area (Å²) in [4.78, 5) is 139. The lowest BCUT2D eigenvalue weighted by Gasteiger charge is -2.28. The van der Waals surface area contributed by atoms with Gasteiger partial charge in [0.05, 0.1) is 12.2 Å². The first-order valence-electron chi connectivity index (χ1n) is 25.5. The molecule has 27 nitrogen and oxygen atoms in total. The van der Waals surface area contributed by atoms with Crippen LogP contribution in [0.5, 0.6) is 0 Å². The summed E-state index contributed by atoms with van der Waals surface area (Å²) in [7, 11) is 0. The molecule has 0 bridgehead atoms. The second kappa shape index (κ2) is 34.3. The van der Waals surface area contributed by atoms with Crippen molar-refractivity contribution in [2.45, 2.75) is 158 Å². The molecule has 22 N–H and O–H groups in total. The van der Waals surface area contributed by atoms with Crippen LogP contribution in [0.2, 0.25) is 0 Å². The summed E-state index contributed by atoms with van der Waals surface area (Å²) in [6, 6.07) is -4.54. The van der Waals surface area contributed by atoms with E-state index >= 15 is 0 Å². The largest absolute Gasteiger partial charge is 0.391 e. The van der Waals surface area contributed by atoms with E-state index in [1.54, 1.807) is 44.2 Å². The lowest BCUT2D eigenvalue weighted by atomic mass is 10.00. The van der Waals surface area contributed by atoms with Crippen molar-refractivity contribution in [1.82, 2.24) is 53.2 Å². The van der Waals surface area contributed by atoms with E-state index in [-0.39, 0.29) is 77.0 Å². The fraction of sp³-hybridized carbons (Fsp3) is 0.667. The molecule has 0 aliphatic carbocycles. The zero-order valence-corrected chi connectivity index (χ0v) is 43.5. The van der Waals surface area contributed by atoms with Gasteiger partial charge in [-0.05, 0) is 109 Å². The molecule has 1 aromatic rings. The smallest absolute Gasteiger partial charge is 0.245 e. The van der Waals surface area contributed by atoms with Crippen LogP contribution in [0.15, 0.2) is 30.3 Å². The molecule has 422 valence electrons. The van der Waals surface area contributed by atoms with E-state index in [1.165, 1.54) is 13.8 Å². The second-order valence-electron chi connectivity index (χ2n) is 18.9. The van der Waals surface area contributed by atoms with Crippen LogP contribution in [0.25, 0.3) is 0 Å². The molecule has 1 fully saturated rings. The molecule has 0 saturated carbocycles. The van der Waals surface area contributed by atoms with Gasteiger partial charge in [-0.1, -0.05) is 44.2 Å². The molecule has 1 saturated heterocycles. The van der Waals surface area contributed by atoms with E-state index < -0.39 is 139 Å². The number of unbranched alkanes of at least 4 members (excludes halogenated alkanes) is 1. The van der Waals surface area contributed by atoms with Crippen LogP contribution in [0, 0.1) is 5.92 Å². The number of carbonyl (C=O) groups is 10. The minimum Gasteiger partial charge on any atom is -0.391 e. The van der Waals surface area contributed by atoms with E-state index in [1.807, 2.05) is 0 Å². The summed E-state index contributed by atoms with van der Waals surface area (Å²) in [6.07, 6.45) is -3.18. The number of amides is 10. The Hall–Kier alpha value is -6.36. The molecule has 11 atom stereocenters. The zero-order valence-electron chi connectivity index (χ0n) is 43.5. The Kier molecular flexibility index (Phi) is 29.6. The molecule has 1 aromatic carbocycles. The topological polar surface area (TPSA) is 462 Å². The summed E-state index contributed by atoms with van der Waals surface area (Å²) in [5.41, 5.74) is 29.5. The summed E-state index contributed by atoms with van der Waals surface area (Å²) >= 11 is 0. The van der Waals surface area contributed by atoms with Crippen molar-refractivity contribution in [2.75, 3.05) is 39.3 Å². The third kappa shape index (κ3) is 23.0. The molecule has 0 aromatic heterocycles. The maximum atomic E-state index is 14.4. The summed E-state index contributed by atoms with van der Waals surface area (Å²) in [6.45, 7) is 5.37. The molecule has 1 heterocycles. The number of rotatable bonds is 23. The van der Waals surface area contributed by atoms with Crippen LogP contribution < -0.4 is 81.8 Å². The van der Waals surface area contributed by atoms with Crippen LogP contribution in [0.1, 0.15) is 91.0 Å². The summed E-state index contributed by atoms with van der Waals surface area (Å²) in [5.74, 6) is -8.95. The van der Waals surface area contributed by atoms with E-state index in [4.69, 9.17) is 28.7 Å². The standard InChI is InChI=1S/C48H83N15O12/c1-26(2)24-35-45(72)57-30(13-19-50)40(67)56-33(16-22-53)44(71)63-38(27(3)64)47(74)54-23-17-34(58-41(68)32(15-21-52)59-48(75)39(28(4)65)62-37(66)12-8-9-18-49)43(70)55-31(14-20-51)42(69)61-36(46(73)60-35)25-29-10-6-5-7-11-29/h5-7,10-11,26-28,30-36,38-39,64-65H,8-9,12-25,49-53H2,1-4H3,(H,54,74)(H,55,70)(H,56,67)(H,57,72)(H,58,68)(H,59,75)(H,60,73)(H,61,69)(H,62,66)(H,63,71)/t27?,28?,30-,31-,32-,33-,34-,35-,36+,38?,39-/m0/s1. The average Bonchev–Trinajstić information content (AvgIpc) is 3.35. The third-order valence-electron chi connectivity index (χ3n) is 12.0. The first-order chi connectivity index (χ1) is 35.6. The van der Waals surface area contributed by atoms with E-state index in [0.29, 0.717) is 24.9 Å². The molecular weight excluding hydrogens is 979 g/mol. The molecule has 0 radical (unpaired) electrons. The molecule has 3 unspecified atom stereocenters. The zero-order chi connectivity index (χ0) is 56.2. The Bertz CT molecular complexity index is 2030. The molecule has 10 amide bonds. The molecule has 0 spiro atoms. The van der Waals surface area contributed by atoms with Gasteiger partial charge in [0.25, 0.3) is 0 Å². The fourth-order valence-electron chi connectivity index (χ4n) is 7.86. The Morgan fingerprint density at radius 3 is 1.61 bits per heavy atom. The first kappa shape index (κ1) is 64.8. The van der Waals surface area contributed by atoms with Crippen molar-refractivity contribution >= 4 is 59.1 Å². The number of carbonyl (C=O) groups excluding carboxylic acids is 10. The molecule has 1 aliphatic rings. The van der Waals surface area contributed by atoms with Crippen LogP contribution >= 0.6 is 0 Å². The predicted molar refractivity (Wildman–Crippen MR) is 276 cm³/mol. The lowest BCUT2D eigenvalue weighted by Crippen LogP contribution is -2.61. The van der Waals surface area contributed by atoms with E-state index in [0.717, 1.165) is 0 Å². The molecule has 2 rings (SSSR count). The average molecular weight is 1060 g/mol. The van der Waals surface area contributed by atoms with Gasteiger partial charge in [-0.3, -0.25) is 47.9 Å². The quantitative estimate of drug-likeness (QED) is 0.0453. The van der Waals surface area contributed by atoms with Crippen molar-refractivity contribution in [1.29, 1.82) is 0 Å².